The molecule has 4 N–H and O–H groups in total. The van der Waals surface area contributed by atoms with Crippen molar-refractivity contribution in [3.63, 3.8) is 0 Å². The lowest BCUT2D eigenvalue weighted by Crippen LogP contribution is -2.62. The third kappa shape index (κ3) is 5.32. The van der Waals surface area contributed by atoms with Crippen LogP contribution in [0.4, 0.5) is 0 Å². The Kier molecular flexibility index (Phi) is 9.21. The summed E-state index contributed by atoms with van der Waals surface area (Å²) in [6.45, 7) is 0.902. The van der Waals surface area contributed by atoms with E-state index in [1.54, 1.807) is 0 Å². The molecule has 1 saturated heterocycles. The lowest BCUT2D eigenvalue weighted by molar-refractivity contribution is -0.145. The molecule has 1 aliphatic carbocycles. The number of hydrogen-bond acceptors (Lipinski definition) is 5. The summed E-state index contributed by atoms with van der Waals surface area (Å²) in [4.78, 5) is 1.92. The largest absolute Gasteiger partial charge is 0.395 e. The third-order valence-electron chi connectivity index (χ3n) is 5.25. The second kappa shape index (κ2) is 10.1. The molecule has 2 fully saturated rings. The quantitative estimate of drug-likeness (QED) is 0.542. The van der Waals surface area contributed by atoms with Crippen LogP contribution in [0, 0.1) is 5.92 Å². The van der Waals surface area contributed by atoms with Gasteiger partial charge in [-0.3, -0.25) is 4.90 Å². The highest BCUT2D eigenvalue weighted by molar-refractivity contribution is 5.85. The Morgan fingerprint density at radius 3 is 2.23 bits per heavy atom. The number of likely N-dealkylation sites (tertiary alicyclic amines) is 1. The van der Waals surface area contributed by atoms with Crippen molar-refractivity contribution in [2.45, 2.75) is 75.7 Å². The SMILES string of the molecule is Cl.OC[C@@H]1[C@@H](O)[C@H](O)[C@@H](O)CN1CCCCC1CCCCC1. The van der Waals surface area contributed by atoms with Crippen LogP contribution in [0.2, 0.25) is 0 Å². The molecular weight excluding hydrogens is 306 g/mol. The first kappa shape index (κ1) is 20.1. The van der Waals surface area contributed by atoms with Gasteiger partial charge in [0.2, 0.25) is 0 Å². The standard InChI is InChI=1S/C16H31NO4.ClH/c18-11-13-15(20)16(21)14(19)10-17(13)9-5-4-8-12-6-2-1-3-7-12;/h12-16,18-21H,1-11H2;1H/t13-,14+,15-,16-;/m1./s1. The van der Waals surface area contributed by atoms with Crippen LogP contribution >= 0.6 is 12.4 Å². The number of unbranched alkanes of at least 4 members (excludes halogenated alkanes) is 1. The third-order valence-corrected chi connectivity index (χ3v) is 5.25. The van der Waals surface area contributed by atoms with E-state index in [0.717, 1.165) is 25.3 Å². The number of β-amino-alcohol motifs (C(OH)–C–C–N with tert-alkyl or cyclic N) is 1. The molecule has 0 amide bonds. The molecule has 2 rings (SSSR count). The van der Waals surface area contributed by atoms with Gasteiger partial charge in [0.15, 0.2) is 0 Å². The molecule has 6 heteroatoms. The van der Waals surface area contributed by atoms with E-state index < -0.39 is 24.4 Å². The van der Waals surface area contributed by atoms with Gasteiger partial charge in [0.25, 0.3) is 0 Å². The van der Waals surface area contributed by atoms with E-state index in [-0.39, 0.29) is 19.0 Å². The average Bonchev–Trinajstić information content (AvgIpc) is 2.50. The fourth-order valence-electron chi connectivity index (χ4n) is 3.86. The molecule has 1 heterocycles. The van der Waals surface area contributed by atoms with Crippen LogP contribution in [0.3, 0.4) is 0 Å². The van der Waals surface area contributed by atoms with Gasteiger partial charge in [-0.25, -0.2) is 0 Å². The molecule has 0 aromatic heterocycles. The monoisotopic (exact) mass is 337 g/mol. The zero-order valence-corrected chi connectivity index (χ0v) is 14.1. The number of halogens is 1. The molecule has 1 aliphatic heterocycles. The van der Waals surface area contributed by atoms with Gasteiger partial charge in [-0.2, -0.15) is 0 Å². The Morgan fingerprint density at radius 2 is 1.59 bits per heavy atom. The molecule has 1 saturated carbocycles. The molecule has 0 unspecified atom stereocenters. The zero-order valence-electron chi connectivity index (χ0n) is 13.3. The summed E-state index contributed by atoms with van der Waals surface area (Å²) < 4.78 is 0. The van der Waals surface area contributed by atoms with Crippen LogP contribution in [0.25, 0.3) is 0 Å². The molecule has 132 valence electrons. The van der Waals surface area contributed by atoms with Crippen LogP contribution in [-0.4, -0.2) is 69.4 Å². The van der Waals surface area contributed by atoms with Crippen molar-refractivity contribution in [3.8, 4) is 0 Å². The van der Waals surface area contributed by atoms with Crippen molar-refractivity contribution in [2.75, 3.05) is 19.7 Å². The smallest absolute Gasteiger partial charge is 0.109 e. The molecule has 2 aliphatic rings. The molecule has 5 nitrogen and oxygen atoms in total. The first-order chi connectivity index (χ1) is 10.1. The topological polar surface area (TPSA) is 84.2 Å². The van der Waals surface area contributed by atoms with Gasteiger partial charge in [-0.1, -0.05) is 44.9 Å². The van der Waals surface area contributed by atoms with Gasteiger partial charge in [0, 0.05) is 6.54 Å². The Hall–Kier alpha value is 0.0900. The van der Waals surface area contributed by atoms with E-state index in [9.17, 15) is 20.4 Å². The molecule has 0 bridgehead atoms. The van der Waals surface area contributed by atoms with E-state index in [0.29, 0.717) is 6.54 Å². The van der Waals surface area contributed by atoms with Crippen LogP contribution in [0.1, 0.15) is 51.4 Å². The van der Waals surface area contributed by atoms with Crippen molar-refractivity contribution in [2.24, 2.45) is 5.92 Å². The maximum Gasteiger partial charge on any atom is 0.109 e. The van der Waals surface area contributed by atoms with E-state index in [4.69, 9.17) is 0 Å². The number of aliphatic hydroxyl groups is 4. The Balaban J connectivity index is 0.00000242. The van der Waals surface area contributed by atoms with Crippen LogP contribution in [-0.2, 0) is 0 Å². The van der Waals surface area contributed by atoms with Gasteiger partial charge < -0.3 is 20.4 Å². The van der Waals surface area contributed by atoms with Gasteiger partial charge in [-0.15, -0.1) is 12.4 Å². The highest BCUT2D eigenvalue weighted by atomic mass is 35.5. The molecule has 4 atom stereocenters. The number of hydrogen-bond donors (Lipinski definition) is 4. The molecule has 22 heavy (non-hydrogen) atoms. The van der Waals surface area contributed by atoms with Crippen LogP contribution < -0.4 is 0 Å². The maximum absolute atomic E-state index is 9.93. The Morgan fingerprint density at radius 1 is 0.909 bits per heavy atom. The van der Waals surface area contributed by atoms with Gasteiger partial charge in [0.05, 0.1) is 18.8 Å². The number of rotatable bonds is 6. The summed E-state index contributed by atoms with van der Waals surface area (Å²) >= 11 is 0. The molecule has 0 aromatic carbocycles. The minimum Gasteiger partial charge on any atom is -0.395 e. The second-order valence-electron chi connectivity index (χ2n) is 6.79. The summed E-state index contributed by atoms with van der Waals surface area (Å²) in [6.07, 6.45) is 7.17. The van der Waals surface area contributed by atoms with E-state index in [2.05, 4.69) is 0 Å². The minimum absolute atomic E-state index is 0. The van der Waals surface area contributed by atoms with Gasteiger partial charge >= 0.3 is 0 Å². The molecule has 0 spiro atoms. The Bertz CT molecular complexity index is 302. The van der Waals surface area contributed by atoms with Crippen LogP contribution in [0.15, 0.2) is 0 Å². The summed E-state index contributed by atoms with van der Waals surface area (Å²) in [5, 5.41) is 38.8. The van der Waals surface area contributed by atoms with E-state index >= 15 is 0 Å². The van der Waals surface area contributed by atoms with Crippen molar-refractivity contribution < 1.29 is 20.4 Å². The summed E-state index contributed by atoms with van der Waals surface area (Å²) in [6, 6.07) is -0.460. The van der Waals surface area contributed by atoms with Crippen molar-refractivity contribution in [1.29, 1.82) is 0 Å². The average molecular weight is 338 g/mol. The summed E-state index contributed by atoms with van der Waals surface area (Å²) in [5.41, 5.74) is 0. The zero-order chi connectivity index (χ0) is 15.2. The second-order valence-corrected chi connectivity index (χ2v) is 6.79. The summed E-state index contributed by atoms with van der Waals surface area (Å²) in [7, 11) is 0. The van der Waals surface area contributed by atoms with Gasteiger partial charge in [0.1, 0.15) is 12.2 Å². The number of aliphatic hydroxyl groups excluding tert-OH is 4. The number of piperidine rings is 1. The predicted molar refractivity (Wildman–Crippen MR) is 88.1 cm³/mol. The predicted octanol–water partition coefficient (Wildman–Crippen LogP) is 0.918. The molecule has 0 aromatic rings. The minimum atomic E-state index is -1.15. The highest BCUT2D eigenvalue weighted by Gasteiger charge is 2.40. The molecule has 0 radical (unpaired) electrons. The fraction of sp³-hybridized carbons (Fsp3) is 1.00. The lowest BCUT2D eigenvalue weighted by Gasteiger charge is -2.43. The maximum atomic E-state index is 9.93. The highest BCUT2D eigenvalue weighted by Crippen LogP contribution is 2.28. The first-order valence-corrected chi connectivity index (χ1v) is 8.52. The van der Waals surface area contributed by atoms with Crippen LogP contribution in [0.5, 0.6) is 0 Å². The van der Waals surface area contributed by atoms with Crippen molar-refractivity contribution in [3.05, 3.63) is 0 Å². The number of nitrogens with zero attached hydrogens (tertiary/aromatic N) is 1. The van der Waals surface area contributed by atoms with Crippen molar-refractivity contribution in [1.82, 2.24) is 4.90 Å². The molecular formula is C16H32ClNO4. The Labute approximate surface area is 139 Å². The van der Waals surface area contributed by atoms with E-state index in [1.165, 1.54) is 38.5 Å². The first-order valence-electron chi connectivity index (χ1n) is 8.52. The normalized spacial score (nSPS) is 34.4. The lowest BCUT2D eigenvalue weighted by atomic mass is 9.85. The van der Waals surface area contributed by atoms with E-state index in [1.807, 2.05) is 4.90 Å². The summed E-state index contributed by atoms with van der Waals surface area (Å²) in [5.74, 6) is 0.881. The fourth-order valence-corrected chi connectivity index (χ4v) is 3.86. The van der Waals surface area contributed by atoms with Gasteiger partial charge in [-0.05, 0) is 18.9 Å². The van der Waals surface area contributed by atoms with Crippen molar-refractivity contribution >= 4 is 12.4 Å².